The van der Waals surface area contributed by atoms with E-state index in [1.807, 2.05) is 0 Å². The van der Waals surface area contributed by atoms with Gasteiger partial charge in [0.25, 0.3) is 0 Å². The molecule has 7 heteroatoms. The standard InChI is InChI=1S/C17H19ClFNO4/c1-17(2,3)15(21)24-14-9-20(16(22)23)7-6-11(14)10-4-5-13(19)12(18)8-10/h4-6,8,14H,7,9H2,1-3H3,(H,22,23). The Labute approximate surface area is 144 Å². The van der Waals surface area contributed by atoms with Gasteiger partial charge in [0.15, 0.2) is 0 Å². The van der Waals surface area contributed by atoms with E-state index in [0.717, 1.165) is 4.90 Å². The van der Waals surface area contributed by atoms with Crippen LogP contribution < -0.4 is 0 Å². The first-order chi connectivity index (χ1) is 11.1. The quantitative estimate of drug-likeness (QED) is 0.819. The molecule has 1 amide bonds. The highest BCUT2D eigenvalue weighted by Gasteiger charge is 2.33. The van der Waals surface area contributed by atoms with Gasteiger partial charge in [0.2, 0.25) is 0 Å². The number of amides is 1. The van der Waals surface area contributed by atoms with Crippen molar-refractivity contribution in [3.8, 4) is 0 Å². The molecule has 0 saturated heterocycles. The number of carbonyl (C=O) groups is 2. The highest BCUT2D eigenvalue weighted by molar-refractivity contribution is 6.30. The third-order valence-electron chi connectivity index (χ3n) is 3.65. The van der Waals surface area contributed by atoms with Crippen LogP contribution in [0.15, 0.2) is 24.3 Å². The summed E-state index contributed by atoms with van der Waals surface area (Å²) in [7, 11) is 0. The van der Waals surface area contributed by atoms with Gasteiger partial charge >= 0.3 is 12.1 Å². The lowest BCUT2D eigenvalue weighted by molar-refractivity contribution is -0.156. The molecule has 130 valence electrons. The summed E-state index contributed by atoms with van der Waals surface area (Å²) >= 11 is 5.82. The zero-order valence-electron chi connectivity index (χ0n) is 13.7. The Morgan fingerprint density at radius 3 is 2.58 bits per heavy atom. The molecule has 1 heterocycles. The first-order valence-electron chi connectivity index (χ1n) is 7.44. The lowest BCUT2D eigenvalue weighted by Crippen LogP contribution is -2.43. The van der Waals surface area contributed by atoms with E-state index in [2.05, 4.69) is 0 Å². The third kappa shape index (κ3) is 4.06. The Hall–Kier alpha value is -2.08. The molecule has 0 aliphatic carbocycles. The van der Waals surface area contributed by atoms with Crippen LogP contribution in [0, 0.1) is 11.2 Å². The van der Waals surface area contributed by atoms with Crippen molar-refractivity contribution in [3.63, 3.8) is 0 Å². The van der Waals surface area contributed by atoms with Crippen LogP contribution >= 0.6 is 11.6 Å². The number of benzene rings is 1. The fourth-order valence-electron chi connectivity index (χ4n) is 2.26. The molecule has 0 bridgehead atoms. The highest BCUT2D eigenvalue weighted by Crippen LogP contribution is 2.30. The summed E-state index contributed by atoms with van der Waals surface area (Å²) < 4.78 is 18.9. The molecule has 5 nitrogen and oxygen atoms in total. The number of carboxylic acid groups (broad SMARTS) is 1. The van der Waals surface area contributed by atoms with E-state index in [1.165, 1.54) is 18.2 Å². The molecular formula is C17H19ClFNO4. The number of hydrogen-bond donors (Lipinski definition) is 1. The number of ether oxygens (including phenoxy) is 1. The van der Waals surface area contributed by atoms with Crippen molar-refractivity contribution in [1.82, 2.24) is 4.90 Å². The summed E-state index contributed by atoms with van der Waals surface area (Å²) in [5.74, 6) is -0.994. The average Bonchev–Trinajstić information content (AvgIpc) is 2.49. The van der Waals surface area contributed by atoms with Crippen LogP contribution in [0.4, 0.5) is 9.18 Å². The van der Waals surface area contributed by atoms with Crippen LogP contribution in [0.25, 0.3) is 5.57 Å². The van der Waals surface area contributed by atoms with Crippen LogP contribution in [0.5, 0.6) is 0 Å². The second kappa shape index (κ2) is 6.81. The minimum Gasteiger partial charge on any atom is -0.465 e. The molecule has 2 rings (SSSR count). The Balaban J connectivity index is 2.35. The lowest BCUT2D eigenvalue weighted by Gasteiger charge is -2.32. The SMILES string of the molecule is CC(C)(C)C(=O)OC1CN(C(=O)O)CC=C1c1ccc(F)c(Cl)c1. The molecule has 1 aliphatic rings. The van der Waals surface area contributed by atoms with Crippen LogP contribution in [0.3, 0.4) is 0 Å². The summed E-state index contributed by atoms with van der Waals surface area (Å²) in [6, 6.07) is 4.20. The van der Waals surface area contributed by atoms with Crippen LogP contribution in [-0.4, -0.2) is 41.3 Å². The van der Waals surface area contributed by atoms with Gasteiger partial charge in [-0.3, -0.25) is 4.79 Å². The molecule has 0 spiro atoms. The van der Waals surface area contributed by atoms with Gasteiger partial charge in [0.05, 0.1) is 17.0 Å². The fraction of sp³-hybridized carbons (Fsp3) is 0.412. The van der Waals surface area contributed by atoms with E-state index in [-0.39, 0.29) is 18.1 Å². The topological polar surface area (TPSA) is 66.8 Å². The molecule has 1 unspecified atom stereocenters. The van der Waals surface area contributed by atoms with E-state index in [1.54, 1.807) is 26.8 Å². The van der Waals surface area contributed by atoms with Crippen molar-refractivity contribution >= 4 is 29.2 Å². The van der Waals surface area contributed by atoms with Crippen molar-refractivity contribution in [2.45, 2.75) is 26.9 Å². The molecule has 1 aliphatic heterocycles. The maximum Gasteiger partial charge on any atom is 0.407 e. The Morgan fingerprint density at radius 1 is 1.38 bits per heavy atom. The normalized spacial score (nSPS) is 18.1. The second-order valence-corrected chi connectivity index (χ2v) is 7.03. The highest BCUT2D eigenvalue weighted by atomic mass is 35.5. The van der Waals surface area contributed by atoms with Crippen molar-refractivity contribution in [2.75, 3.05) is 13.1 Å². The smallest absolute Gasteiger partial charge is 0.407 e. The Morgan fingerprint density at radius 2 is 2.04 bits per heavy atom. The Bertz CT molecular complexity index is 696. The Kier molecular flexibility index (Phi) is 5.18. The largest absolute Gasteiger partial charge is 0.465 e. The minimum absolute atomic E-state index is 0.0119. The zero-order valence-corrected chi connectivity index (χ0v) is 14.4. The molecule has 0 aromatic heterocycles. The van der Waals surface area contributed by atoms with Gasteiger partial charge in [0.1, 0.15) is 11.9 Å². The summed E-state index contributed by atoms with van der Waals surface area (Å²) in [5.41, 5.74) is 0.488. The zero-order chi connectivity index (χ0) is 18.1. The summed E-state index contributed by atoms with van der Waals surface area (Å²) in [5, 5.41) is 9.13. The van der Waals surface area contributed by atoms with E-state index in [9.17, 15) is 19.1 Å². The summed E-state index contributed by atoms with van der Waals surface area (Å²) in [4.78, 5) is 24.6. The first-order valence-corrected chi connectivity index (χ1v) is 7.82. The van der Waals surface area contributed by atoms with Gasteiger partial charge in [0, 0.05) is 6.54 Å². The molecule has 1 atom stereocenters. The van der Waals surface area contributed by atoms with Gasteiger partial charge in [-0.25, -0.2) is 9.18 Å². The molecule has 0 radical (unpaired) electrons. The maximum atomic E-state index is 13.4. The average molecular weight is 356 g/mol. The van der Waals surface area contributed by atoms with Crippen LogP contribution in [0.2, 0.25) is 5.02 Å². The second-order valence-electron chi connectivity index (χ2n) is 6.62. The predicted molar refractivity (Wildman–Crippen MR) is 88.3 cm³/mol. The van der Waals surface area contributed by atoms with Gasteiger partial charge in [-0.05, 0) is 44.0 Å². The van der Waals surface area contributed by atoms with Crippen molar-refractivity contribution in [2.24, 2.45) is 5.41 Å². The molecule has 1 aromatic rings. The van der Waals surface area contributed by atoms with Crippen molar-refractivity contribution in [1.29, 1.82) is 0 Å². The van der Waals surface area contributed by atoms with E-state index in [0.29, 0.717) is 11.1 Å². The summed E-state index contributed by atoms with van der Waals surface area (Å²) in [6.07, 6.45) is -0.218. The van der Waals surface area contributed by atoms with Gasteiger partial charge < -0.3 is 14.7 Å². The van der Waals surface area contributed by atoms with Crippen LogP contribution in [0.1, 0.15) is 26.3 Å². The fourth-order valence-corrected chi connectivity index (χ4v) is 2.44. The third-order valence-corrected chi connectivity index (χ3v) is 3.94. The number of esters is 1. The molecule has 0 saturated carbocycles. The molecule has 24 heavy (non-hydrogen) atoms. The lowest BCUT2D eigenvalue weighted by atomic mass is 9.94. The molecule has 1 aromatic carbocycles. The number of nitrogens with zero attached hydrogens (tertiary/aromatic N) is 1. The van der Waals surface area contributed by atoms with Gasteiger partial charge in [-0.1, -0.05) is 23.7 Å². The number of hydrogen-bond acceptors (Lipinski definition) is 3. The maximum absolute atomic E-state index is 13.4. The minimum atomic E-state index is -1.10. The van der Waals surface area contributed by atoms with E-state index < -0.39 is 29.4 Å². The van der Waals surface area contributed by atoms with Gasteiger partial charge in [-0.2, -0.15) is 0 Å². The first kappa shape index (κ1) is 18.3. The van der Waals surface area contributed by atoms with E-state index >= 15 is 0 Å². The molecule has 0 fully saturated rings. The van der Waals surface area contributed by atoms with Crippen LogP contribution in [-0.2, 0) is 9.53 Å². The number of halogens is 2. The van der Waals surface area contributed by atoms with Gasteiger partial charge in [-0.15, -0.1) is 0 Å². The predicted octanol–water partition coefficient (Wildman–Crippen LogP) is 3.81. The van der Waals surface area contributed by atoms with Crippen molar-refractivity contribution < 1.29 is 23.8 Å². The molecule has 1 N–H and O–H groups in total. The van der Waals surface area contributed by atoms with Crippen molar-refractivity contribution in [3.05, 3.63) is 40.7 Å². The number of rotatable bonds is 2. The molecular weight excluding hydrogens is 337 g/mol. The summed E-state index contributed by atoms with van der Waals surface area (Å²) in [6.45, 7) is 5.31. The monoisotopic (exact) mass is 355 g/mol. The number of carbonyl (C=O) groups excluding carboxylic acids is 1. The van der Waals surface area contributed by atoms with E-state index in [4.69, 9.17) is 16.3 Å².